The molecule has 162 valence electrons. The topological polar surface area (TPSA) is 119 Å². The molecule has 1 saturated heterocycles. The van der Waals surface area contributed by atoms with Crippen LogP contribution in [0.15, 0.2) is 28.6 Å². The van der Waals surface area contributed by atoms with Gasteiger partial charge in [-0.05, 0) is 30.5 Å². The van der Waals surface area contributed by atoms with Crippen molar-refractivity contribution in [1.29, 1.82) is 0 Å². The number of nitrogens with one attached hydrogen (secondary N) is 1. The third-order valence-electron chi connectivity index (χ3n) is 4.44. The summed E-state index contributed by atoms with van der Waals surface area (Å²) in [4.78, 5) is 23.6. The van der Waals surface area contributed by atoms with Crippen LogP contribution in [0.1, 0.15) is 35.2 Å². The van der Waals surface area contributed by atoms with E-state index in [0.717, 1.165) is 30.6 Å². The Morgan fingerprint density at radius 2 is 1.87 bits per heavy atom. The number of amides is 1. The van der Waals surface area contributed by atoms with Gasteiger partial charge in [0, 0.05) is 18.7 Å². The summed E-state index contributed by atoms with van der Waals surface area (Å²) < 4.78 is 31.7. The van der Waals surface area contributed by atoms with E-state index < -0.39 is 10.0 Å². The minimum absolute atomic E-state index is 0.0773. The standard InChI is InChI=1S/C18H22N4O5S3/c1-27-15(23)11-28-18-21-20-17(29-18)19-16(24)14-7-5-13(6-8-14)12-30(25,26)22-9-3-2-4-10-22/h5-8H,2-4,9-12H2,1H3,(H,19,20,24). The van der Waals surface area contributed by atoms with Gasteiger partial charge < -0.3 is 4.74 Å². The molecule has 0 unspecified atom stereocenters. The van der Waals surface area contributed by atoms with E-state index in [9.17, 15) is 18.0 Å². The summed E-state index contributed by atoms with van der Waals surface area (Å²) in [6.07, 6.45) is 2.86. The molecule has 1 aliphatic heterocycles. The van der Waals surface area contributed by atoms with E-state index >= 15 is 0 Å². The molecule has 2 heterocycles. The van der Waals surface area contributed by atoms with Crippen LogP contribution in [-0.4, -0.2) is 60.7 Å². The van der Waals surface area contributed by atoms with Crippen molar-refractivity contribution < 1.29 is 22.7 Å². The highest BCUT2D eigenvalue weighted by Crippen LogP contribution is 2.26. The maximum Gasteiger partial charge on any atom is 0.316 e. The number of esters is 1. The van der Waals surface area contributed by atoms with Crippen LogP contribution in [0.25, 0.3) is 0 Å². The van der Waals surface area contributed by atoms with E-state index in [-0.39, 0.29) is 23.4 Å². The normalized spacial score (nSPS) is 15.0. The van der Waals surface area contributed by atoms with Gasteiger partial charge in [-0.25, -0.2) is 12.7 Å². The third kappa shape index (κ3) is 6.24. The molecule has 0 bridgehead atoms. The molecule has 1 aromatic carbocycles. The number of thioether (sulfide) groups is 1. The summed E-state index contributed by atoms with van der Waals surface area (Å²) in [6, 6.07) is 6.47. The van der Waals surface area contributed by atoms with Gasteiger partial charge in [0.15, 0.2) is 4.34 Å². The van der Waals surface area contributed by atoms with Crippen molar-refractivity contribution in [2.75, 3.05) is 31.3 Å². The Bertz CT molecular complexity index is 986. The molecule has 30 heavy (non-hydrogen) atoms. The molecule has 1 fully saturated rings. The number of ether oxygens (including phenoxy) is 1. The van der Waals surface area contributed by atoms with Crippen molar-refractivity contribution in [3.63, 3.8) is 0 Å². The second-order valence-electron chi connectivity index (χ2n) is 6.60. The number of aromatic nitrogens is 2. The molecule has 0 saturated carbocycles. The van der Waals surface area contributed by atoms with Crippen molar-refractivity contribution >= 4 is 50.1 Å². The van der Waals surface area contributed by atoms with Crippen molar-refractivity contribution in [2.45, 2.75) is 29.4 Å². The van der Waals surface area contributed by atoms with E-state index in [1.54, 1.807) is 28.6 Å². The lowest BCUT2D eigenvalue weighted by Crippen LogP contribution is -2.36. The smallest absolute Gasteiger partial charge is 0.316 e. The van der Waals surface area contributed by atoms with Gasteiger partial charge >= 0.3 is 5.97 Å². The van der Waals surface area contributed by atoms with Gasteiger partial charge in [0.2, 0.25) is 15.2 Å². The summed E-state index contributed by atoms with van der Waals surface area (Å²) in [7, 11) is -2.04. The first-order valence-electron chi connectivity index (χ1n) is 9.28. The number of carbonyl (C=O) groups excluding carboxylic acids is 2. The summed E-state index contributed by atoms with van der Waals surface area (Å²) in [5.74, 6) is -0.711. The fourth-order valence-corrected chi connectivity index (χ4v) is 6.06. The Balaban J connectivity index is 1.56. The zero-order chi connectivity index (χ0) is 21.6. The summed E-state index contributed by atoms with van der Waals surface area (Å²) in [5.41, 5.74) is 1.02. The number of rotatable bonds is 8. The second kappa shape index (κ2) is 10.3. The van der Waals surface area contributed by atoms with E-state index in [2.05, 4.69) is 20.3 Å². The molecule has 2 aromatic rings. The summed E-state index contributed by atoms with van der Waals surface area (Å²) in [5, 5.41) is 10.7. The zero-order valence-corrected chi connectivity index (χ0v) is 18.8. The highest BCUT2D eigenvalue weighted by atomic mass is 32.2. The van der Waals surface area contributed by atoms with E-state index in [4.69, 9.17) is 0 Å². The van der Waals surface area contributed by atoms with Crippen molar-refractivity contribution in [3.05, 3.63) is 35.4 Å². The molecule has 3 rings (SSSR count). The SMILES string of the molecule is COC(=O)CSc1nnc(NC(=O)c2ccc(CS(=O)(=O)N3CCCCC3)cc2)s1. The average Bonchev–Trinajstić information content (AvgIpc) is 3.20. The molecular weight excluding hydrogens is 448 g/mol. The maximum atomic E-state index is 12.5. The molecule has 0 spiro atoms. The minimum Gasteiger partial charge on any atom is -0.468 e. The number of anilines is 1. The lowest BCUT2D eigenvalue weighted by molar-refractivity contribution is -0.137. The fraction of sp³-hybridized carbons (Fsp3) is 0.444. The lowest BCUT2D eigenvalue weighted by atomic mass is 10.1. The van der Waals surface area contributed by atoms with Crippen LogP contribution in [0.2, 0.25) is 0 Å². The highest BCUT2D eigenvalue weighted by molar-refractivity contribution is 8.01. The molecule has 0 aliphatic carbocycles. The van der Waals surface area contributed by atoms with Crippen LogP contribution in [0.4, 0.5) is 5.13 Å². The van der Waals surface area contributed by atoms with Gasteiger partial charge in [-0.3, -0.25) is 14.9 Å². The minimum atomic E-state index is -3.35. The molecule has 1 aromatic heterocycles. The number of nitrogens with zero attached hydrogens (tertiary/aromatic N) is 3. The highest BCUT2D eigenvalue weighted by Gasteiger charge is 2.24. The number of carbonyl (C=O) groups is 2. The number of benzene rings is 1. The first kappa shape index (κ1) is 22.7. The van der Waals surface area contributed by atoms with Gasteiger partial charge in [-0.2, -0.15) is 0 Å². The number of piperidine rings is 1. The molecular formula is C18H22N4O5S3. The quantitative estimate of drug-likeness (QED) is 0.355. The van der Waals surface area contributed by atoms with Crippen molar-refractivity contribution in [2.24, 2.45) is 0 Å². The van der Waals surface area contributed by atoms with Crippen LogP contribution in [0.5, 0.6) is 0 Å². The monoisotopic (exact) mass is 470 g/mol. The lowest BCUT2D eigenvalue weighted by Gasteiger charge is -2.25. The Morgan fingerprint density at radius 1 is 1.17 bits per heavy atom. The predicted octanol–water partition coefficient (Wildman–Crippen LogP) is 2.37. The van der Waals surface area contributed by atoms with Crippen LogP contribution in [0.3, 0.4) is 0 Å². The largest absolute Gasteiger partial charge is 0.468 e. The molecule has 1 N–H and O–H groups in total. The van der Waals surface area contributed by atoms with E-state index in [1.807, 2.05) is 0 Å². The molecule has 0 radical (unpaired) electrons. The number of sulfonamides is 1. The van der Waals surface area contributed by atoms with E-state index in [1.165, 1.54) is 18.9 Å². The van der Waals surface area contributed by atoms with Crippen LogP contribution >= 0.6 is 23.1 Å². The van der Waals surface area contributed by atoms with Crippen molar-refractivity contribution in [3.8, 4) is 0 Å². The molecule has 1 aliphatic rings. The third-order valence-corrected chi connectivity index (χ3v) is 8.24. The van der Waals surface area contributed by atoms with Crippen LogP contribution < -0.4 is 5.32 Å². The predicted molar refractivity (Wildman–Crippen MR) is 115 cm³/mol. The average molecular weight is 471 g/mol. The number of methoxy groups -OCH3 is 1. The van der Waals surface area contributed by atoms with Gasteiger partial charge in [0.25, 0.3) is 5.91 Å². The molecule has 1 amide bonds. The fourth-order valence-electron chi connectivity index (χ4n) is 2.86. The maximum absolute atomic E-state index is 12.5. The van der Waals surface area contributed by atoms with Gasteiger partial charge in [-0.15, -0.1) is 10.2 Å². The van der Waals surface area contributed by atoms with Crippen LogP contribution in [0, 0.1) is 0 Å². The van der Waals surface area contributed by atoms with Gasteiger partial charge in [0.05, 0.1) is 18.6 Å². The molecule has 12 heteroatoms. The molecule has 9 nitrogen and oxygen atoms in total. The molecule has 0 atom stereocenters. The zero-order valence-electron chi connectivity index (χ0n) is 16.4. The van der Waals surface area contributed by atoms with Gasteiger partial charge in [0.1, 0.15) is 0 Å². The first-order chi connectivity index (χ1) is 14.4. The van der Waals surface area contributed by atoms with E-state index in [0.29, 0.717) is 33.7 Å². The van der Waals surface area contributed by atoms with Crippen LogP contribution in [-0.2, 0) is 25.3 Å². The number of hydrogen-bond donors (Lipinski definition) is 1. The Kier molecular flexibility index (Phi) is 7.81. The van der Waals surface area contributed by atoms with Gasteiger partial charge in [-0.1, -0.05) is 41.7 Å². The Morgan fingerprint density at radius 3 is 2.53 bits per heavy atom. The Hall–Kier alpha value is -2.02. The van der Waals surface area contributed by atoms with Crippen molar-refractivity contribution in [1.82, 2.24) is 14.5 Å². The second-order valence-corrected chi connectivity index (χ2v) is 10.8. The summed E-state index contributed by atoms with van der Waals surface area (Å²) in [6.45, 7) is 1.15. The first-order valence-corrected chi connectivity index (χ1v) is 12.7. The number of hydrogen-bond acceptors (Lipinski definition) is 9. The summed E-state index contributed by atoms with van der Waals surface area (Å²) >= 11 is 2.33. The Labute approximate surface area is 183 Å².